The molecule has 0 aliphatic heterocycles. The van der Waals surface area contributed by atoms with Gasteiger partial charge < -0.3 is 10.2 Å². The second-order valence-corrected chi connectivity index (χ2v) is 10.3. The topological polar surface area (TPSA) is 101 Å². The van der Waals surface area contributed by atoms with Crippen molar-refractivity contribution in [3.63, 3.8) is 0 Å². The number of fused-ring (bicyclic) bond motifs is 2. The van der Waals surface area contributed by atoms with E-state index in [0.717, 1.165) is 72.4 Å². The lowest BCUT2D eigenvalue weighted by molar-refractivity contribution is 0.260. The van der Waals surface area contributed by atoms with Crippen molar-refractivity contribution in [1.82, 2.24) is 9.88 Å². The number of amides is 2. The molecule has 30 heavy (non-hydrogen) atoms. The van der Waals surface area contributed by atoms with Crippen LogP contribution in [0.3, 0.4) is 0 Å². The molecule has 0 unspecified atom stereocenters. The van der Waals surface area contributed by atoms with Gasteiger partial charge in [-0.2, -0.15) is 0 Å². The first-order chi connectivity index (χ1) is 14.2. The zero-order valence-electron chi connectivity index (χ0n) is 17.8. The van der Waals surface area contributed by atoms with Crippen molar-refractivity contribution in [3.8, 4) is 0 Å². The van der Waals surface area contributed by atoms with E-state index in [0.29, 0.717) is 10.8 Å². The Labute approximate surface area is 178 Å². The van der Waals surface area contributed by atoms with E-state index >= 15 is 0 Å². The molecule has 0 spiro atoms. The average Bonchev–Trinajstić information content (AvgIpc) is 3.28. The van der Waals surface area contributed by atoms with Gasteiger partial charge in [0.15, 0.2) is 0 Å². The molecule has 1 heterocycles. The zero-order chi connectivity index (χ0) is 21.5. The van der Waals surface area contributed by atoms with Crippen molar-refractivity contribution in [2.24, 2.45) is 9.50 Å². The Morgan fingerprint density at radius 1 is 1.23 bits per heavy atom. The lowest BCUT2D eigenvalue weighted by Crippen LogP contribution is -2.19. The van der Waals surface area contributed by atoms with Gasteiger partial charge in [-0.15, -0.1) is 4.36 Å². The van der Waals surface area contributed by atoms with Gasteiger partial charge in [0.25, 0.3) is 0 Å². The minimum Gasteiger partial charge on any atom is -0.305 e. The molecular formula is C22H29N5O2S. The maximum Gasteiger partial charge on any atom is 0.354 e. The standard InChI is InChI=1S/C22H29N5O2S/c1-14-7-12-18-20(14)24-19-6-4-5-17(19)21(18)25-22(28)26-30(23,29)16-10-8-15(9-11-16)13-27(2)3/h8-11,14H,4-7,12-13H2,1-3H3,(H3,23,24,25,26,28,29)/t14-,30+/m1/s1. The molecule has 8 heteroatoms. The van der Waals surface area contributed by atoms with E-state index in [2.05, 4.69) is 16.6 Å². The van der Waals surface area contributed by atoms with Gasteiger partial charge in [0.2, 0.25) is 0 Å². The summed E-state index contributed by atoms with van der Waals surface area (Å²) in [6, 6.07) is 6.42. The average molecular weight is 428 g/mol. The second kappa shape index (κ2) is 8.09. The third-order valence-electron chi connectivity index (χ3n) is 5.86. The SMILES string of the molecule is C[C@@H]1CCc2c1nc1c(c2NC(=O)N=[S@](N)(=O)c2ccc(CN(C)C)cc2)CCC1. The molecule has 0 fully saturated rings. The first-order valence-electron chi connectivity index (χ1n) is 10.4. The van der Waals surface area contributed by atoms with Crippen LogP contribution in [0, 0.1) is 0 Å². The number of nitrogens with zero attached hydrogens (tertiary/aromatic N) is 3. The van der Waals surface area contributed by atoms with Gasteiger partial charge in [-0.25, -0.2) is 14.1 Å². The number of nitrogens with two attached hydrogens (primary N) is 1. The van der Waals surface area contributed by atoms with E-state index in [-0.39, 0.29) is 0 Å². The summed E-state index contributed by atoms with van der Waals surface area (Å²) in [6.07, 6.45) is 4.77. The number of carbonyl (C=O) groups is 1. The monoisotopic (exact) mass is 427 g/mol. The number of pyridine rings is 1. The highest BCUT2D eigenvalue weighted by Crippen LogP contribution is 2.41. The Balaban J connectivity index is 1.61. The highest BCUT2D eigenvalue weighted by atomic mass is 32.2. The van der Waals surface area contributed by atoms with Crippen LogP contribution in [0.2, 0.25) is 0 Å². The number of urea groups is 1. The summed E-state index contributed by atoms with van der Waals surface area (Å²) < 4.78 is 16.8. The van der Waals surface area contributed by atoms with Crippen LogP contribution in [0.5, 0.6) is 0 Å². The van der Waals surface area contributed by atoms with Crippen molar-refractivity contribution < 1.29 is 9.00 Å². The van der Waals surface area contributed by atoms with Gasteiger partial charge in [0.1, 0.15) is 9.92 Å². The van der Waals surface area contributed by atoms with Crippen molar-refractivity contribution in [1.29, 1.82) is 0 Å². The molecule has 0 saturated heterocycles. The van der Waals surface area contributed by atoms with Crippen LogP contribution in [0.1, 0.15) is 53.8 Å². The fourth-order valence-electron chi connectivity index (χ4n) is 4.41. The summed E-state index contributed by atoms with van der Waals surface area (Å²) in [5.74, 6) is 0.387. The Morgan fingerprint density at radius 3 is 2.67 bits per heavy atom. The lowest BCUT2D eigenvalue weighted by atomic mass is 10.0. The molecule has 0 bridgehead atoms. The van der Waals surface area contributed by atoms with E-state index in [4.69, 9.17) is 10.1 Å². The molecule has 2 aliphatic carbocycles. The van der Waals surface area contributed by atoms with Crippen molar-refractivity contribution in [3.05, 3.63) is 52.3 Å². The van der Waals surface area contributed by atoms with Crippen LogP contribution < -0.4 is 10.5 Å². The van der Waals surface area contributed by atoms with Crippen LogP contribution in [-0.2, 0) is 35.7 Å². The van der Waals surface area contributed by atoms with Gasteiger partial charge in [0, 0.05) is 17.9 Å². The minimum absolute atomic E-state index is 0.346. The van der Waals surface area contributed by atoms with Crippen LogP contribution in [0.25, 0.3) is 0 Å². The predicted molar refractivity (Wildman–Crippen MR) is 119 cm³/mol. The van der Waals surface area contributed by atoms with E-state index in [1.54, 1.807) is 12.1 Å². The van der Waals surface area contributed by atoms with Gasteiger partial charge in [-0.05, 0) is 80.9 Å². The first-order valence-corrected chi connectivity index (χ1v) is 12.0. The van der Waals surface area contributed by atoms with E-state index in [1.807, 2.05) is 31.1 Å². The number of aromatic nitrogens is 1. The Morgan fingerprint density at radius 2 is 1.97 bits per heavy atom. The van der Waals surface area contributed by atoms with E-state index in [1.165, 1.54) is 0 Å². The number of hydrogen-bond donors (Lipinski definition) is 2. The third kappa shape index (κ3) is 4.12. The molecule has 2 aromatic rings. The molecule has 3 N–H and O–H groups in total. The Bertz CT molecular complexity index is 1100. The summed E-state index contributed by atoms with van der Waals surface area (Å²) in [5.41, 5.74) is 6.24. The highest BCUT2D eigenvalue weighted by molar-refractivity contribution is 7.91. The van der Waals surface area contributed by atoms with Crippen molar-refractivity contribution in [2.75, 3.05) is 19.4 Å². The van der Waals surface area contributed by atoms with E-state index in [9.17, 15) is 9.00 Å². The molecule has 7 nitrogen and oxygen atoms in total. The Hall–Kier alpha value is -2.29. The summed E-state index contributed by atoms with van der Waals surface area (Å²) in [5, 5.41) is 8.88. The van der Waals surface area contributed by atoms with Crippen molar-refractivity contribution >= 4 is 21.6 Å². The smallest absolute Gasteiger partial charge is 0.305 e. The molecular weight excluding hydrogens is 398 g/mol. The minimum atomic E-state index is -3.33. The molecule has 1 aromatic carbocycles. The predicted octanol–water partition coefficient (Wildman–Crippen LogP) is 3.61. The number of hydrogen-bond acceptors (Lipinski definition) is 4. The number of benzene rings is 1. The molecule has 2 amide bonds. The third-order valence-corrected chi connectivity index (χ3v) is 7.25. The number of rotatable bonds is 4. The van der Waals surface area contributed by atoms with Gasteiger partial charge in [-0.1, -0.05) is 19.1 Å². The maximum absolute atomic E-state index is 13.0. The van der Waals surface area contributed by atoms with Crippen LogP contribution >= 0.6 is 0 Å². The zero-order valence-corrected chi connectivity index (χ0v) is 18.6. The van der Waals surface area contributed by atoms with Crippen LogP contribution in [-0.4, -0.2) is 34.2 Å². The molecule has 0 saturated carbocycles. The molecule has 0 radical (unpaired) electrons. The highest BCUT2D eigenvalue weighted by Gasteiger charge is 2.30. The Kier molecular flexibility index (Phi) is 5.65. The molecule has 4 rings (SSSR count). The number of anilines is 1. The van der Waals surface area contributed by atoms with Gasteiger partial charge in [0.05, 0.1) is 10.6 Å². The summed E-state index contributed by atoms with van der Waals surface area (Å²) in [7, 11) is 0.628. The largest absolute Gasteiger partial charge is 0.354 e. The number of aryl methyl sites for hydroxylation is 1. The van der Waals surface area contributed by atoms with E-state index < -0.39 is 15.9 Å². The van der Waals surface area contributed by atoms with Crippen LogP contribution in [0.15, 0.2) is 33.5 Å². The normalized spacial score (nSPS) is 19.3. The fourth-order valence-corrected chi connectivity index (χ4v) is 5.34. The number of carbonyl (C=O) groups excluding carboxylic acids is 1. The number of nitrogens with one attached hydrogen (secondary N) is 1. The fraction of sp³-hybridized carbons (Fsp3) is 0.455. The molecule has 2 atom stereocenters. The molecule has 160 valence electrons. The maximum atomic E-state index is 13.0. The van der Waals surface area contributed by atoms with Gasteiger partial charge >= 0.3 is 6.03 Å². The lowest BCUT2D eigenvalue weighted by Gasteiger charge is -2.15. The summed E-state index contributed by atoms with van der Waals surface area (Å²) >= 11 is 0. The first kappa shape index (κ1) is 21.0. The second-order valence-electron chi connectivity index (χ2n) is 8.54. The van der Waals surface area contributed by atoms with Crippen LogP contribution in [0.4, 0.5) is 10.5 Å². The summed E-state index contributed by atoms with van der Waals surface area (Å²) in [4.78, 5) is 20.0. The van der Waals surface area contributed by atoms with Gasteiger partial charge in [-0.3, -0.25) is 4.98 Å². The quantitative estimate of drug-likeness (QED) is 0.778. The summed E-state index contributed by atoms with van der Waals surface area (Å²) in [6.45, 7) is 2.93. The molecule has 2 aliphatic rings. The molecule has 1 aromatic heterocycles. The van der Waals surface area contributed by atoms with Crippen molar-refractivity contribution in [2.45, 2.75) is 56.4 Å².